The summed E-state index contributed by atoms with van der Waals surface area (Å²) in [7, 11) is 0. The molecule has 2 heterocycles. The Morgan fingerprint density at radius 3 is 2.96 bits per heavy atom. The summed E-state index contributed by atoms with van der Waals surface area (Å²) in [5, 5.41) is 6.57. The van der Waals surface area contributed by atoms with Crippen LogP contribution >= 0.6 is 11.6 Å². The first kappa shape index (κ1) is 15.2. The summed E-state index contributed by atoms with van der Waals surface area (Å²) in [5.41, 5.74) is 1.00. The predicted octanol–water partition coefficient (Wildman–Crippen LogP) is 3.24. The molecule has 0 atom stereocenters. The van der Waals surface area contributed by atoms with E-state index in [1.54, 1.807) is 18.5 Å². The lowest BCUT2D eigenvalue weighted by Crippen LogP contribution is -2.12. The van der Waals surface area contributed by atoms with Gasteiger partial charge in [0.25, 0.3) is 5.91 Å². The van der Waals surface area contributed by atoms with E-state index in [2.05, 4.69) is 20.1 Å². The first-order valence-corrected chi connectivity index (χ1v) is 6.76. The third-order valence-corrected chi connectivity index (χ3v) is 3.23. The number of nitrogens with zero attached hydrogens (tertiary/aromatic N) is 3. The number of ether oxygens (including phenoxy) is 1. The molecule has 6 nitrogen and oxygen atoms in total. The molecule has 0 aliphatic rings. The molecule has 3 rings (SSSR count). The zero-order valence-electron chi connectivity index (χ0n) is 11.4. The van der Waals surface area contributed by atoms with Crippen molar-refractivity contribution in [3.05, 3.63) is 53.4 Å². The lowest BCUT2D eigenvalue weighted by atomic mass is 10.2. The van der Waals surface area contributed by atoms with E-state index in [1.807, 2.05) is 0 Å². The summed E-state index contributed by atoms with van der Waals surface area (Å²) in [6.45, 7) is -2.97. The Labute approximate surface area is 133 Å². The predicted molar refractivity (Wildman–Crippen MR) is 79.0 cm³/mol. The molecule has 0 aliphatic carbocycles. The fourth-order valence-electron chi connectivity index (χ4n) is 1.96. The summed E-state index contributed by atoms with van der Waals surface area (Å²) in [6, 6.07) is 5.65. The molecule has 1 aromatic carbocycles. The molecule has 1 amide bonds. The highest BCUT2D eigenvalue weighted by Crippen LogP contribution is 2.29. The van der Waals surface area contributed by atoms with E-state index in [9.17, 15) is 13.6 Å². The minimum Gasteiger partial charge on any atom is -0.433 e. The van der Waals surface area contributed by atoms with Gasteiger partial charge in [-0.3, -0.25) is 4.79 Å². The van der Waals surface area contributed by atoms with Crippen LogP contribution in [0.4, 0.5) is 14.5 Å². The van der Waals surface area contributed by atoms with Gasteiger partial charge >= 0.3 is 6.61 Å². The van der Waals surface area contributed by atoms with Gasteiger partial charge in [0.1, 0.15) is 11.3 Å². The largest absolute Gasteiger partial charge is 0.433 e. The maximum absolute atomic E-state index is 12.3. The number of alkyl halides is 2. The second-order valence-corrected chi connectivity index (χ2v) is 4.83. The first-order valence-electron chi connectivity index (χ1n) is 6.38. The van der Waals surface area contributed by atoms with Crippen LogP contribution in [0.3, 0.4) is 0 Å². The van der Waals surface area contributed by atoms with Crippen molar-refractivity contribution in [1.29, 1.82) is 0 Å². The quantitative estimate of drug-likeness (QED) is 0.793. The number of carbonyl (C=O) groups is 1. The standard InChI is InChI=1S/C14H9ClF2N4O2/c15-10-6-8(2-3-11(10)23-14(16)17)20-13(22)9-7-19-21-5-1-4-18-12(9)21/h1-7,14H,(H,20,22). The Kier molecular flexibility index (Phi) is 4.07. The SMILES string of the molecule is O=C(Nc1ccc(OC(F)F)c(Cl)c1)c1cnn2cccnc12. The number of hydrogen-bond donors (Lipinski definition) is 1. The van der Waals surface area contributed by atoms with E-state index in [0.717, 1.165) is 0 Å². The highest BCUT2D eigenvalue weighted by Gasteiger charge is 2.15. The molecule has 2 aromatic heterocycles. The van der Waals surface area contributed by atoms with Crippen LogP contribution in [-0.4, -0.2) is 27.1 Å². The maximum atomic E-state index is 12.3. The molecule has 0 aliphatic heterocycles. The fourth-order valence-corrected chi connectivity index (χ4v) is 2.18. The average Bonchev–Trinajstić information content (AvgIpc) is 2.94. The van der Waals surface area contributed by atoms with Crippen molar-refractivity contribution < 1.29 is 18.3 Å². The molecule has 0 saturated carbocycles. The number of carbonyl (C=O) groups excluding carboxylic acids is 1. The monoisotopic (exact) mass is 338 g/mol. The Hall–Kier alpha value is -2.74. The van der Waals surface area contributed by atoms with Crippen molar-refractivity contribution in [3.63, 3.8) is 0 Å². The minimum atomic E-state index is -2.97. The minimum absolute atomic E-state index is 0.0407. The van der Waals surface area contributed by atoms with Crippen LogP contribution in [0.25, 0.3) is 5.65 Å². The topological polar surface area (TPSA) is 68.5 Å². The summed E-state index contributed by atoms with van der Waals surface area (Å²) in [6.07, 6.45) is 4.58. The van der Waals surface area contributed by atoms with Crippen LogP contribution in [-0.2, 0) is 0 Å². The molecule has 0 saturated heterocycles. The van der Waals surface area contributed by atoms with Crippen LogP contribution in [0.5, 0.6) is 5.75 Å². The van der Waals surface area contributed by atoms with Gasteiger partial charge in [0.2, 0.25) is 0 Å². The smallest absolute Gasteiger partial charge is 0.387 e. The molecule has 0 bridgehead atoms. The molecule has 9 heteroatoms. The van der Waals surface area contributed by atoms with Gasteiger partial charge in [-0.2, -0.15) is 13.9 Å². The van der Waals surface area contributed by atoms with E-state index < -0.39 is 12.5 Å². The molecule has 1 N–H and O–H groups in total. The molecule has 0 spiro atoms. The number of benzene rings is 1. The van der Waals surface area contributed by atoms with E-state index in [-0.39, 0.29) is 16.3 Å². The normalized spacial score (nSPS) is 11.0. The molecular formula is C14H9ClF2N4O2. The van der Waals surface area contributed by atoms with Crippen molar-refractivity contribution >= 4 is 28.8 Å². The average molecular weight is 339 g/mol. The number of fused-ring (bicyclic) bond motifs is 1. The number of rotatable bonds is 4. The maximum Gasteiger partial charge on any atom is 0.387 e. The second kappa shape index (κ2) is 6.17. The van der Waals surface area contributed by atoms with Crippen LogP contribution in [0, 0.1) is 0 Å². The number of halogens is 3. The van der Waals surface area contributed by atoms with Crippen molar-refractivity contribution in [3.8, 4) is 5.75 Å². The van der Waals surface area contributed by atoms with E-state index in [0.29, 0.717) is 11.3 Å². The molecule has 0 unspecified atom stereocenters. The number of aromatic nitrogens is 3. The van der Waals surface area contributed by atoms with Crippen LogP contribution < -0.4 is 10.1 Å². The van der Waals surface area contributed by atoms with E-state index in [4.69, 9.17) is 11.6 Å². The van der Waals surface area contributed by atoms with Crippen molar-refractivity contribution in [2.75, 3.05) is 5.32 Å². The lowest BCUT2D eigenvalue weighted by Gasteiger charge is -2.09. The highest BCUT2D eigenvalue weighted by molar-refractivity contribution is 6.32. The van der Waals surface area contributed by atoms with Gasteiger partial charge in [-0.05, 0) is 24.3 Å². The number of nitrogens with one attached hydrogen (secondary N) is 1. The van der Waals surface area contributed by atoms with Crippen LogP contribution in [0.15, 0.2) is 42.9 Å². The third-order valence-electron chi connectivity index (χ3n) is 2.93. The zero-order chi connectivity index (χ0) is 16.4. The Balaban J connectivity index is 1.81. The lowest BCUT2D eigenvalue weighted by molar-refractivity contribution is -0.0497. The number of anilines is 1. The van der Waals surface area contributed by atoms with Gasteiger partial charge in [-0.1, -0.05) is 11.6 Å². The zero-order valence-corrected chi connectivity index (χ0v) is 12.2. The summed E-state index contributed by atoms with van der Waals surface area (Å²) in [5.74, 6) is -0.616. The van der Waals surface area contributed by atoms with Crippen molar-refractivity contribution in [2.45, 2.75) is 6.61 Å². The van der Waals surface area contributed by atoms with Gasteiger partial charge in [-0.25, -0.2) is 9.50 Å². The van der Waals surface area contributed by atoms with Gasteiger partial charge < -0.3 is 10.1 Å². The summed E-state index contributed by atoms with van der Waals surface area (Å²) in [4.78, 5) is 16.3. The Bertz CT molecular complexity index is 869. The van der Waals surface area contributed by atoms with Crippen molar-refractivity contribution in [1.82, 2.24) is 14.6 Å². The summed E-state index contributed by atoms with van der Waals surface area (Å²) >= 11 is 5.84. The highest BCUT2D eigenvalue weighted by atomic mass is 35.5. The van der Waals surface area contributed by atoms with Gasteiger partial charge in [0.15, 0.2) is 5.65 Å². The summed E-state index contributed by atoms with van der Waals surface area (Å²) < 4.78 is 30.1. The van der Waals surface area contributed by atoms with Gasteiger partial charge in [0.05, 0.1) is 11.2 Å². The number of hydrogen-bond acceptors (Lipinski definition) is 4. The first-order chi connectivity index (χ1) is 11.0. The molecule has 118 valence electrons. The van der Waals surface area contributed by atoms with Gasteiger partial charge in [0, 0.05) is 18.1 Å². The molecule has 3 aromatic rings. The molecule has 23 heavy (non-hydrogen) atoms. The third kappa shape index (κ3) is 3.21. The van der Waals surface area contributed by atoms with Gasteiger partial charge in [-0.15, -0.1) is 0 Å². The number of amides is 1. The Morgan fingerprint density at radius 1 is 1.39 bits per heavy atom. The van der Waals surface area contributed by atoms with E-state index >= 15 is 0 Å². The van der Waals surface area contributed by atoms with E-state index in [1.165, 1.54) is 28.9 Å². The molecular weight excluding hydrogens is 330 g/mol. The fraction of sp³-hybridized carbons (Fsp3) is 0.0714. The van der Waals surface area contributed by atoms with Crippen LogP contribution in [0.2, 0.25) is 5.02 Å². The molecule has 0 radical (unpaired) electrons. The van der Waals surface area contributed by atoms with Crippen LogP contribution in [0.1, 0.15) is 10.4 Å². The molecule has 0 fully saturated rings. The van der Waals surface area contributed by atoms with Crippen molar-refractivity contribution in [2.24, 2.45) is 0 Å². The second-order valence-electron chi connectivity index (χ2n) is 4.42. The Morgan fingerprint density at radius 2 is 2.22 bits per heavy atom.